The first kappa shape index (κ1) is 12.8. The molecule has 0 saturated heterocycles. The number of nitrogens with one attached hydrogen (secondary N) is 1. The second kappa shape index (κ2) is 5.16. The minimum absolute atomic E-state index is 0.247. The topological polar surface area (TPSA) is 41.5 Å². The van der Waals surface area contributed by atoms with Crippen LogP contribution in [-0.4, -0.2) is 23.9 Å². The highest BCUT2D eigenvalue weighted by Crippen LogP contribution is 2.21. The first-order valence-corrected chi connectivity index (χ1v) is 5.31. The fourth-order valence-corrected chi connectivity index (χ4v) is 1.20. The van der Waals surface area contributed by atoms with Gasteiger partial charge in [0.15, 0.2) is 11.6 Å². The Morgan fingerprint density at radius 2 is 2.12 bits per heavy atom. The van der Waals surface area contributed by atoms with E-state index in [1.165, 1.54) is 6.07 Å². The Labute approximate surface area is 95.2 Å². The fraction of sp³-hybridized carbons (Fsp3) is 0.500. The highest BCUT2D eigenvalue weighted by molar-refractivity contribution is 5.47. The van der Waals surface area contributed by atoms with Crippen LogP contribution in [-0.2, 0) is 0 Å². The molecule has 0 bridgehead atoms. The van der Waals surface area contributed by atoms with Crippen molar-refractivity contribution < 1.29 is 14.2 Å². The molecule has 0 unspecified atom stereocenters. The predicted molar refractivity (Wildman–Crippen MR) is 62.4 cm³/mol. The first-order chi connectivity index (χ1) is 7.42. The molecule has 0 radical (unpaired) electrons. The van der Waals surface area contributed by atoms with Gasteiger partial charge in [-0.25, -0.2) is 4.39 Å². The summed E-state index contributed by atoms with van der Waals surface area (Å²) in [5.41, 5.74) is -0.196. The molecule has 0 amide bonds. The van der Waals surface area contributed by atoms with Gasteiger partial charge in [0, 0.05) is 18.3 Å². The summed E-state index contributed by atoms with van der Waals surface area (Å²) in [6.07, 6.45) is 0. The zero-order chi connectivity index (χ0) is 12.2. The fourth-order valence-electron chi connectivity index (χ4n) is 1.20. The maximum atomic E-state index is 13.4. The quantitative estimate of drug-likeness (QED) is 0.811. The van der Waals surface area contributed by atoms with Crippen LogP contribution in [0.3, 0.4) is 0 Å². The van der Waals surface area contributed by atoms with Crippen molar-refractivity contribution in [1.82, 2.24) is 0 Å². The van der Waals surface area contributed by atoms with Gasteiger partial charge in [-0.2, -0.15) is 0 Å². The third-order valence-electron chi connectivity index (χ3n) is 1.96. The SMILES string of the molecule is CCOc1ccc(NCC(C)(C)O)cc1F. The van der Waals surface area contributed by atoms with Crippen molar-refractivity contribution in [3.05, 3.63) is 24.0 Å². The zero-order valence-corrected chi connectivity index (χ0v) is 9.88. The van der Waals surface area contributed by atoms with Crippen molar-refractivity contribution in [2.24, 2.45) is 0 Å². The van der Waals surface area contributed by atoms with Crippen LogP contribution in [0.1, 0.15) is 20.8 Å². The smallest absolute Gasteiger partial charge is 0.167 e. The molecule has 1 rings (SSSR count). The predicted octanol–water partition coefficient (Wildman–Crippen LogP) is 2.41. The number of halogens is 1. The van der Waals surface area contributed by atoms with Gasteiger partial charge in [0.25, 0.3) is 0 Å². The van der Waals surface area contributed by atoms with E-state index in [-0.39, 0.29) is 5.75 Å². The average Bonchev–Trinajstić information content (AvgIpc) is 2.18. The Morgan fingerprint density at radius 3 is 2.62 bits per heavy atom. The van der Waals surface area contributed by atoms with Crippen molar-refractivity contribution >= 4 is 5.69 Å². The van der Waals surface area contributed by atoms with E-state index in [2.05, 4.69) is 5.32 Å². The molecule has 0 fully saturated rings. The second-order valence-corrected chi connectivity index (χ2v) is 4.24. The van der Waals surface area contributed by atoms with Gasteiger partial charge in [-0.15, -0.1) is 0 Å². The van der Waals surface area contributed by atoms with E-state index in [0.717, 1.165) is 0 Å². The number of rotatable bonds is 5. The molecule has 0 atom stereocenters. The van der Waals surface area contributed by atoms with Crippen LogP contribution >= 0.6 is 0 Å². The average molecular weight is 227 g/mol. The summed E-state index contributed by atoms with van der Waals surface area (Å²) in [7, 11) is 0. The van der Waals surface area contributed by atoms with Crippen LogP contribution in [0.5, 0.6) is 5.75 Å². The summed E-state index contributed by atoms with van der Waals surface area (Å²) in [4.78, 5) is 0. The monoisotopic (exact) mass is 227 g/mol. The lowest BCUT2D eigenvalue weighted by molar-refractivity contribution is 0.0945. The van der Waals surface area contributed by atoms with Crippen molar-refractivity contribution in [2.45, 2.75) is 26.4 Å². The van der Waals surface area contributed by atoms with Gasteiger partial charge in [-0.3, -0.25) is 0 Å². The van der Waals surface area contributed by atoms with E-state index in [1.807, 2.05) is 0 Å². The Balaban J connectivity index is 2.66. The van der Waals surface area contributed by atoms with Gasteiger partial charge >= 0.3 is 0 Å². The van der Waals surface area contributed by atoms with Crippen molar-refractivity contribution in [3.63, 3.8) is 0 Å². The van der Waals surface area contributed by atoms with Crippen molar-refractivity contribution in [1.29, 1.82) is 0 Å². The Hall–Kier alpha value is -1.29. The van der Waals surface area contributed by atoms with Gasteiger partial charge in [0.2, 0.25) is 0 Å². The molecule has 0 heterocycles. The van der Waals surface area contributed by atoms with Gasteiger partial charge < -0.3 is 15.2 Å². The summed E-state index contributed by atoms with van der Waals surface area (Å²) >= 11 is 0. The Kier molecular flexibility index (Phi) is 4.12. The molecule has 0 aliphatic rings. The van der Waals surface area contributed by atoms with Crippen LogP contribution in [0, 0.1) is 5.82 Å². The van der Waals surface area contributed by atoms with Gasteiger partial charge in [-0.1, -0.05) is 0 Å². The lowest BCUT2D eigenvalue weighted by Gasteiger charge is -2.18. The molecular formula is C12H18FNO2. The zero-order valence-electron chi connectivity index (χ0n) is 9.88. The molecule has 0 aromatic heterocycles. The maximum Gasteiger partial charge on any atom is 0.167 e. The first-order valence-electron chi connectivity index (χ1n) is 5.31. The van der Waals surface area contributed by atoms with Gasteiger partial charge in [-0.05, 0) is 32.9 Å². The molecule has 4 heteroatoms. The largest absolute Gasteiger partial charge is 0.491 e. The molecule has 1 aromatic carbocycles. The number of hydrogen-bond acceptors (Lipinski definition) is 3. The molecule has 0 spiro atoms. The standard InChI is InChI=1S/C12H18FNO2/c1-4-16-11-6-5-9(7-10(11)13)14-8-12(2,3)15/h5-7,14-15H,4,8H2,1-3H3. The summed E-state index contributed by atoms with van der Waals surface area (Å²) in [5.74, 6) is -0.154. The summed E-state index contributed by atoms with van der Waals surface area (Å²) in [5, 5.41) is 12.5. The molecule has 16 heavy (non-hydrogen) atoms. The molecule has 0 aliphatic carbocycles. The molecule has 1 aromatic rings. The van der Waals surface area contributed by atoms with E-state index >= 15 is 0 Å². The van der Waals surface area contributed by atoms with Crippen LogP contribution in [0.4, 0.5) is 10.1 Å². The van der Waals surface area contributed by atoms with E-state index in [9.17, 15) is 9.50 Å². The third kappa shape index (κ3) is 4.06. The number of benzene rings is 1. The highest BCUT2D eigenvalue weighted by Gasteiger charge is 2.12. The summed E-state index contributed by atoms with van der Waals surface area (Å²) in [6, 6.07) is 4.65. The number of hydrogen-bond donors (Lipinski definition) is 2. The minimum atomic E-state index is -0.824. The number of ether oxygens (including phenoxy) is 1. The maximum absolute atomic E-state index is 13.4. The summed E-state index contributed by atoms with van der Waals surface area (Å²) < 4.78 is 18.5. The van der Waals surface area contributed by atoms with Gasteiger partial charge in [0.1, 0.15) is 0 Å². The molecular weight excluding hydrogens is 209 g/mol. The van der Waals surface area contributed by atoms with E-state index in [0.29, 0.717) is 18.8 Å². The van der Waals surface area contributed by atoms with Crippen LogP contribution in [0.2, 0.25) is 0 Å². The van der Waals surface area contributed by atoms with E-state index in [4.69, 9.17) is 4.74 Å². The van der Waals surface area contributed by atoms with Crippen molar-refractivity contribution in [2.75, 3.05) is 18.5 Å². The molecule has 0 aliphatic heterocycles. The highest BCUT2D eigenvalue weighted by atomic mass is 19.1. The second-order valence-electron chi connectivity index (χ2n) is 4.24. The van der Waals surface area contributed by atoms with Crippen LogP contribution in [0.15, 0.2) is 18.2 Å². The van der Waals surface area contributed by atoms with Crippen LogP contribution < -0.4 is 10.1 Å². The number of aliphatic hydroxyl groups is 1. The van der Waals surface area contributed by atoms with E-state index in [1.54, 1.807) is 32.9 Å². The van der Waals surface area contributed by atoms with Crippen molar-refractivity contribution in [3.8, 4) is 5.75 Å². The lowest BCUT2D eigenvalue weighted by Crippen LogP contribution is -2.29. The third-order valence-corrected chi connectivity index (χ3v) is 1.96. The normalized spacial score (nSPS) is 11.3. The Bertz CT molecular complexity index is 347. The minimum Gasteiger partial charge on any atom is -0.491 e. The van der Waals surface area contributed by atoms with E-state index < -0.39 is 11.4 Å². The lowest BCUT2D eigenvalue weighted by atomic mass is 10.1. The molecule has 90 valence electrons. The molecule has 2 N–H and O–H groups in total. The number of anilines is 1. The Morgan fingerprint density at radius 1 is 1.44 bits per heavy atom. The molecule has 3 nitrogen and oxygen atoms in total. The molecule has 0 saturated carbocycles. The van der Waals surface area contributed by atoms with Crippen LogP contribution in [0.25, 0.3) is 0 Å². The summed E-state index contributed by atoms with van der Waals surface area (Å²) in [6.45, 7) is 5.98. The van der Waals surface area contributed by atoms with Gasteiger partial charge in [0.05, 0.1) is 12.2 Å².